The maximum absolute atomic E-state index is 10.6. The Kier molecular flexibility index (Phi) is 6.23. The van der Waals surface area contributed by atoms with E-state index in [1.807, 2.05) is 0 Å². The van der Waals surface area contributed by atoms with Crippen LogP contribution in [0.3, 0.4) is 0 Å². The van der Waals surface area contributed by atoms with Gasteiger partial charge in [-0.15, -0.1) is 0 Å². The molecular formula is C10H14NO7P. The molecule has 1 rings (SSSR count). The van der Waals surface area contributed by atoms with Gasteiger partial charge in [-0.05, 0) is 19.1 Å². The fourth-order valence-corrected chi connectivity index (χ4v) is 1.02. The summed E-state index contributed by atoms with van der Waals surface area (Å²) in [7, 11) is -4.64. The molecule has 0 saturated heterocycles. The minimum atomic E-state index is -4.64. The summed E-state index contributed by atoms with van der Waals surface area (Å²) in [4.78, 5) is 32.1. The van der Waals surface area contributed by atoms with E-state index in [2.05, 4.69) is 0 Å². The van der Waals surface area contributed by atoms with Crippen molar-refractivity contribution in [1.29, 1.82) is 0 Å². The van der Waals surface area contributed by atoms with Gasteiger partial charge in [-0.2, -0.15) is 0 Å². The van der Waals surface area contributed by atoms with Crippen molar-refractivity contribution < 1.29 is 34.3 Å². The molecule has 19 heavy (non-hydrogen) atoms. The second-order valence-electron chi connectivity index (χ2n) is 3.38. The molecule has 0 bridgehead atoms. The van der Waals surface area contributed by atoms with Crippen LogP contribution in [0.4, 0.5) is 5.69 Å². The number of nitrogens with two attached hydrogens (primary N) is 1. The van der Waals surface area contributed by atoms with Gasteiger partial charge in [-0.25, -0.2) is 9.36 Å². The number of para-hydroxylation sites is 1. The number of rotatable bonds is 2. The Morgan fingerprint density at radius 3 is 1.95 bits per heavy atom. The van der Waals surface area contributed by atoms with Gasteiger partial charge in [0.1, 0.15) is 5.76 Å². The van der Waals surface area contributed by atoms with E-state index in [0.717, 1.165) is 0 Å². The van der Waals surface area contributed by atoms with E-state index in [0.29, 0.717) is 11.3 Å². The van der Waals surface area contributed by atoms with E-state index >= 15 is 0 Å². The van der Waals surface area contributed by atoms with Crippen molar-refractivity contribution in [2.75, 3.05) is 5.73 Å². The van der Waals surface area contributed by atoms with E-state index in [4.69, 9.17) is 30.1 Å². The molecule has 0 aliphatic heterocycles. The number of aliphatic carboxylic acids is 1. The van der Waals surface area contributed by atoms with Crippen molar-refractivity contribution in [3.8, 4) is 0 Å². The van der Waals surface area contributed by atoms with Crippen molar-refractivity contribution in [2.24, 2.45) is 0 Å². The molecule has 0 amide bonds. The fraction of sp³-hybridized carbons (Fsp3) is 0.100. The quantitative estimate of drug-likeness (QED) is 0.201. The third kappa shape index (κ3) is 7.22. The molecule has 7 N–H and O–H groups in total. The standard InChI is InChI=1S/C10H11NO3.H3O4P/c1-6(10(13)14)9(12)7-4-2-3-5-8(7)11;1-5(2,3)4/h2-5,12H,11H2,1H3,(H,13,14);(H3,1,2,3,4). The Bertz CT molecular complexity index is 526. The van der Waals surface area contributed by atoms with E-state index < -0.39 is 13.8 Å². The molecule has 1 aromatic carbocycles. The Morgan fingerprint density at radius 1 is 1.16 bits per heavy atom. The molecule has 0 atom stereocenters. The third-order valence-corrected chi connectivity index (χ3v) is 1.89. The second-order valence-corrected chi connectivity index (χ2v) is 4.41. The third-order valence-electron chi connectivity index (χ3n) is 1.89. The summed E-state index contributed by atoms with van der Waals surface area (Å²) in [6.45, 7) is 1.32. The second kappa shape index (κ2) is 6.91. The molecule has 0 aliphatic rings. The topological polar surface area (TPSA) is 161 Å². The van der Waals surface area contributed by atoms with Crippen LogP contribution in [0, 0.1) is 0 Å². The summed E-state index contributed by atoms with van der Waals surface area (Å²) in [5.74, 6) is -1.46. The van der Waals surface area contributed by atoms with Gasteiger partial charge in [0.05, 0.1) is 5.57 Å². The number of carbonyl (C=O) groups is 1. The van der Waals surface area contributed by atoms with Crippen molar-refractivity contribution in [2.45, 2.75) is 6.92 Å². The lowest BCUT2D eigenvalue weighted by Gasteiger charge is -2.05. The van der Waals surface area contributed by atoms with Crippen LogP contribution in [0.15, 0.2) is 29.8 Å². The number of anilines is 1. The number of aliphatic hydroxyl groups excluding tert-OH is 1. The van der Waals surface area contributed by atoms with Crippen molar-refractivity contribution >= 4 is 25.2 Å². The molecule has 106 valence electrons. The predicted octanol–water partition coefficient (Wildman–Crippen LogP) is 0.714. The molecule has 0 aliphatic carbocycles. The number of aliphatic hydroxyl groups is 1. The number of carboxylic acid groups (broad SMARTS) is 1. The smallest absolute Gasteiger partial charge is 0.466 e. The van der Waals surface area contributed by atoms with Gasteiger partial charge >= 0.3 is 13.8 Å². The summed E-state index contributed by atoms with van der Waals surface area (Å²) in [5.41, 5.74) is 6.14. The molecule has 0 radical (unpaired) electrons. The first-order chi connectivity index (χ1) is 8.54. The van der Waals surface area contributed by atoms with Gasteiger partial charge in [0.15, 0.2) is 0 Å². The molecule has 9 heteroatoms. The average molecular weight is 291 g/mol. The first-order valence-electron chi connectivity index (χ1n) is 4.80. The fourth-order valence-electron chi connectivity index (χ4n) is 1.02. The lowest BCUT2D eigenvalue weighted by Crippen LogP contribution is -2.02. The predicted molar refractivity (Wildman–Crippen MR) is 68.0 cm³/mol. The molecule has 0 fully saturated rings. The molecule has 0 spiro atoms. The largest absolute Gasteiger partial charge is 0.507 e. The van der Waals surface area contributed by atoms with Crippen LogP contribution in [0.2, 0.25) is 0 Å². The van der Waals surface area contributed by atoms with Crippen molar-refractivity contribution in [1.82, 2.24) is 0 Å². The van der Waals surface area contributed by atoms with Crippen LogP contribution < -0.4 is 5.73 Å². The summed E-state index contributed by atoms with van der Waals surface area (Å²) in [5, 5.41) is 18.2. The van der Waals surface area contributed by atoms with Gasteiger partial charge in [-0.1, -0.05) is 12.1 Å². The summed E-state index contributed by atoms with van der Waals surface area (Å²) < 4.78 is 8.88. The minimum absolute atomic E-state index is 0.122. The zero-order chi connectivity index (χ0) is 15.2. The molecule has 8 nitrogen and oxygen atoms in total. The average Bonchev–Trinajstić information content (AvgIpc) is 2.25. The molecule has 1 aromatic rings. The zero-order valence-corrected chi connectivity index (χ0v) is 10.8. The van der Waals surface area contributed by atoms with E-state index in [1.54, 1.807) is 24.3 Å². The minimum Gasteiger partial charge on any atom is -0.507 e. The number of nitrogen functional groups attached to an aromatic ring is 1. The number of carboxylic acids is 1. The first-order valence-corrected chi connectivity index (χ1v) is 6.37. The molecule has 0 unspecified atom stereocenters. The van der Waals surface area contributed by atoms with Crippen LogP contribution in [0.1, 0.15) is 12.5 Å². The van der Waals surface area contributed by atoms with E-state index in [9.17, 15) is 9.90 Å². The van der Waals surface area contributed by atoms with E-state index in [1.165, 1.54) is 6.92 Å². The van der Waals surface area contributed by atoms with Gasteiger partial charge in [-0.3, -0.25) is 0 Å². The maximum atomic E-state index is 10.6. The van der Waals surface area contributed by atoms with Crippen molar-refractivity contribution in [3.05, 3.63) is 35.4 Å². The Balaban J connectivity index is 0.000000555. The highest BCUT2D eigenvalue weighted by atomic mass is 31.2. The summed E-state index contributed by atoms with van der Waals surface area (Å²) in [6.07, 6.45) is 0. The Morgan fingerprint density at radius 2 is 1.58 bits per heavy atom. The lowest BCUT2D eigenvalue weighted by atomic mass is 10.1. The van der Waals surface area contributed by atoms with Gasteiger partial charge < -0.3 is 30.6 Å². The highest BCUT2D eigenvalue weighted by molar-refractivity contribution is 7.45. The summed E-state index contributed by atoms with van der Waals surface area (Å²) in [6, 6.07) is 6.55. The van der Waals surface area contributed by atoms with Crippen LogP contribution in [-0.2, 0) is 9.36 Å². The Hall–Kier alpha value is -1.86. The first kappa shape index (κ1) is 17.1. The van der Waals surface area contributed by atoms with Gasteiger partial charge in [0.25, 0.3) is 0 Å². The molecule has 0 heterocycles. The van der Waals surface area contributed by atoms with Crippen LogP contribution in [0.5, 0.6) is 0 Å². The number of hydrogen-bond donors (Lipinski definition) is 6. The van der Waals surface area contributed by atoms with Crippen LogP contribution >= 0.6 is 7.82 Å². The normalized spacial score (nSPS) is 12.0. The molecular weight excluding hydrogens is 277 g/mol. The highest BCUT2D eigenvalue weighted by Crippen LogP contribution is 2.25. The zero-order valence-electron chi connectivity index (χ0n) is 9.89. The molecule has 0 aromatic heterocycles. The lowest BCUT2D eigenvalue weighted by molar-refractivity contribution is -0.132. The highest BCUT2D eigenvalue weighted by Gasteiger charge is 2.11. The molecule has 0 saturated carbocycles. The van der Waals surface area contributed by atoms with Gasteiger partial charge in [0.2, 0.25) is 0 Å². The monoisotopic (exact) mass is 291 g/mol. The van der Waals surface area contributed by atoms with E-state index in [-0.39, 0.29) is 11.3 Å². The summed E-state index contributed by atoms with van der Waals surface area (Å²) >= 11 is 0. The maximum Gasteiger partial charge on any atom is 0.466 e. The van der Waals surface area contributed by atoms with Gasteiger partial charge in [0, 0.05) is 11.3 Å². The number of phosphoric acid groups is 1. The van der Waals surface area contributed by atoms with Crippen LogP contribution in [-0.4, -0.2) is 30.9 Å². The van der Waals surface area contributed by atoms with Crippen molar-refractivity contribution in [3.63, 3.8) is 0 Å². The number of hydrogen-bond acceptors (Lipinski definition) is 4. The number of benzene rings is 1. The SMILES string of the molecule is CC(C(=O)O)=C(O)c1ccccc1N.O=P(O)(O)O. The van der Waals surface area contributed by atoms with Crippen LogP contribution in [0.25, 0.3) is 5.76 Å². The Labute approximate surface area is 108 Å².